The van der Waals surface area contributed by atoms with Crippen molar-refractivity contribution in [2.75, 3.05) is 6.61 Å². The van der Waals surface area contributed by atoms with Crippen LogP contribution in [0.5, 0.6) is 0 Å². The fourth-order valence-electron chi connectivity index (χ4n) is 3.91. The summed E-state index contributed by atoms with van der Waals surface area (Å²) in [5.74, 6) is -0.325. The fourth-order valence-corrected chi connectivity index (χ4v) is 4.99. The largest absolute Gasteiger partial charge is 0.396 e. The van der Waals surface area contributed by atoms with Gasteiger partial charge in [0.25, 0.3) is 10.1 Å². The van der Waals surface area contributed by atoms with Crippen LogP contribution >= 0.6 is 0 Å². The Morgan fingerprint density at radius 2 is 1.38 bits per heavy atom. The Morgan fingerprint density at radius 1 is 0.885 bits per heavy atom. The van der Waals surface area contributed by atoms with E-state index in [1.807, 2.05) is 6.92 Å². The maximum Gasteiger partial charge on any atom is 0.295 e. The van der Waals surface area contributed by atoms with Gasteiger partial charge >= 0.3 is 0 Å². The van der Waals surface area contributed by atoms with Crippen molar-refractivity contribution in [2.24, 2.45) is 17.8 Å². The van der Waals surface area contributed by atoms with Gasteiger partial charge in [-0.3, -0.25) is 4.55 Å². The van der Waals surface area contributed by atoms with Crippen LogP contribution in [0.1, 0.15) is 98.3 Å². The Kier molecular flexibility index (Phi) is 13.0. The zero-order chi connectivity index (χ0) is 20.2. The normalized spacial score (nSPS) is 18.3. The Bertz CT molecular complexity index is 451. The van der Waals surface area contributed by atoms with E-state index >= 15 is 0 Å². The first-order valence-corrected chi connectivity index (χ1v) is 11.9. The van der Waals surface area contributed by atoms with Gasteiger partial charge in [-0.05, 0) is 31.1 Å². The van der Waals surface area contributed by atoms with Crippen LogP contribution in [0.4, 0.5) is 0 Å². The summed E-state index contributed by atoms with van der Waals surface area (Å²) in [5.41, 5.74) is 0. The summed E-state index contributed by atoms with van der Waals surface area (Å²) in [5, 5.41) is 20.6. The molecule has 26 heavy (non-hydrogen) atoms. The van der Waals surface area contributed by atoms with E-state index in [4.69, 9.17) is 0 Å². The van der Waals surface area contributed by atoms with Crippen molar-refractivity contribution >= 4 is 10.1 Å². The first-order chi connectivity index (χ1) is 12.2. The molecule has 0 aliphatic heterocycles. The summed E-state index contributed by atoms with van der Waals surface area (Å²) < 4.78 is 34.3. The molecule has 3 N–H and O–H groups in total. The summed E-state index contributed by atoms with van der Waals surface area (Å²) in [6.07, 6.45) is 8.31. The number of hydrogen-bond donors (Lipinski definition) is 3. The van der Waals surface area contributed by atoms with E-state index in [0.29, 0.717) is 6.42 Å². The van der Waals surface area contributed by atoms with Crippen molar-refractivity contribution in [3.8, 4) is 0 Å². The van der Waals surface area contributed by atoms with Gasteiger partial charge in [0.05, 0.1) is 0 Å². The van der Waals surface area contributed by atoms with Gasteiger partial charge in [0, 0.05) is 12.5 Å². The lowest BCUT2D eigenvalue weighted by atomic mass is 9.80. The van der Waals surface area contributed by atoms with Crippen LogP contribution in [0.3, 0.4) is 0 Å². The van der Waals surface area contributed by atoms with E-state index < -0.39 is 21.0 Å². The minimum Gasteiger partial charge on any atom is -0.396 e. The highest BCUT2D eigenvalue weighted by Crippen LogP contribution is 2.40. The van der Waals surface area contributed by atoms with Crippen molar-refractivity contribution in [3.63, 3.8) is 0 Å². The van der Waals surface area contributed by atoms with Crippen LogP contribution < -0.4 is 0 Å². The lowest BCUT2D eigenvalue weighted by Crippen LogP contribution is -2.48. The smallest absolute Gasteiger partial charge is 0.295 e. The molecule has 0 spiro atoms. The molecule has 0 aromatic carbocycles. The Labute approximate surface area is 161 Å². The average molecular weight is 395 g/mol. The number of aliphatic hydroxyl groups is 2. The van der Waals surface area contributed by atoms with Crippen LogP contribution in [-0.2, 0) is 10.1 Å². The van der Waals surface area contributed by atoms with Gasteiger partial charge in [-0.2, -0.15) is 8.42 Å². The van der Waals surface area contributed by atoms with E-state index in [2.05, 4.69) is 20.8 Å². The zero-order valence-corrected chi connectivity index (χ0v) is 18.1. The summed E-state index contributed by atoms with van der Waals surface area (Å²) in [7, 11) is -4.65. The van der Waals surface area contributed by atoms with Crippen LogP contribution in [0.25, 0.3) is 0 Å². The minimum atomic E-state index is -4.65. The van der Waals surface area contributed by atoms with E-state index in [0.717, 1.165) is 51.4 Å². The third-order valence-electron chi connectivity index (χ3n) is 5.85. The van der Waals surface area contributed by atoms with Gasteiger partial charge in [0.15, 0.2) is 4.93 Å². The van der Waals surface area contributed by atoms with Gasteiger partial charge in [-0.15, -0.1) is 0 Å². The predicted octanol–water partition coefficient (Wildman–Crippen LogP) is 4.77. The van der Waals surface area contributed by atoms with Crippen LogP contribution in [0.15, 0.2) is 0 Å². The summed E-state index contributed by atoms with van der Waals surface area (Å²) in [6.45, 7) is 8.06. The second kappa shape index (κ2) is 13.1. The van der Waals surface area contributed by atoms with Gasteiger partial charge in [0.1, 0.15) is 0 Å². The molecule has 0 aromatic rings. The minimum absolute atomic E-state index is 0.0389. The molecule has 0 radical (unpaired) electrons. The predicted molar refractivity (Wildman–Crippen MR) is 108 cm³/mol. The van der Waals surface area contributed by atoms with E-state index in [-0.39, 0.29) is 31.3 Å². The third-order valence-corrected chi connectivity index (χ3v) is 7.24. The molecular weight excluding hydrogens is 352 g/mol. The maximum absolute atomic E-state index is 12.2. The second-order valence-corrected chi connectivity index (χ2v) is 9.46. The molecule has 0 bridgehead atoms. The van der Waals surface area contributed by atoms with Crippen molar-refractivity contribution < 1.29 is 23.2 Å². The molecule has 0 aliphatic rings. The second-order valence-electron chi connectivity index (χ2n) is 7.80. The molecule has 5 nitrogen and oxygen atoms in total. The van der Waals surface area contributed by atoms with Gasteiger partial charge < -0.3 is 10.2 Å². The standard InChI is InChI=1S/C20H42O5S/c1-5-9-11-17(7-3)15-19(13-14-21)20(22,26(23,24)25)16-18(8-4)12-10-6-2/h17-19,21-22H,5-16H2,1-4H3,(H,23,24,25). The third kappa shape index (κ3) is 8.24. The van der Waals surface area contributed by atoms with Crippen molar-refractivity contribution in [1.82, 2.24) is 0 Å². The molecule has 0 aliphatic carbocycles. The van der Waals surface area contributed by atoms with Crippen LogP contribution in [-0.4, -0.2) is 34.7 Å². The molecule has 0 fully saturated rings. The zero-order valence-electron chi connectivity index (χ0n) is 17.3. The Hall–Kier alpha value is -0.170. The lowest BCUT2D eigenvalue weighted by molar-refractivity contribution is 0.00486. The molecule has 0 rings (SSSR count). The highest BCUT2D eigenvalue weighted by Gasteiger charge is 2.49. The fraction of sp³-hybridized carbons (Fsp3) is 1.00. The topological polar surface area (TPSA) is 94.8 Å². The van der Waals surface area contributed by atoms with E-state index in [9.17, 15) is 23.2 Å². The Balaban J connectivity index is 5.56. The molecule has 4 unspecified atom stereocenters. The van der Waals surface area contributed by atoms with Crippen molar-refractivity contribution in [1.29, 1.82) is 0 Å². The van der Waals surface area contributed by atoms with Gasteiger partial charge in [-0.25, -0.2) is 0 Å². The molecule has 6 heteroatoms. The molecule has 0 saturated heterocycles. The number of rotatable bonds is 16. The quantitative estimate of drug-likeness (QED) is 0.328. The molecule has 0 aromatic heterocycles. The highest BCUT2D eigenvalue weighted by molar-refractivity contribution is 7.87. The van der Waals surface area contributed by atoms with Crippen molar-refractivity contribution in [3.05, 3.63) is 0 Å². The van der Waals surface area contributed by atoms with E-state index in [1.165, 1.54) is 0 Å². The summed E-state index contributed by atoms with van der Waals surface area (Å²) in [6, 6.07) is 0. The Morgan fingerprint density at radius 3 is 1.77 bits per heavy atom. The molecule has 158 valence electrons. The van der Waals surface area contributed by atoms with Crippen molar-refractivity contribution in [2.45, 2.75) is 103 Å². The monoisotopic (exact) mass is 394 g/mol. The molecule has 0 heterocycles. The SMILES string of the molecule is CCCCC(CC)CC(CCO)C(O)(CC(CC)CCCC)S(=O)(=O)O. The molecular formula is C20H42O5S. The maximum atomic E-state index is 12.2. The van der Waals surface area contributed by atoms with Gasteiger partial charge in [-0.1, -0.05) is 79.1 Å². The number of unbranched alkanes of at least 4 members (excludes halogenated alkanes) is 2. The van der Waals surface area contributed by atoms with Crippen LogP contribution in [0.2, 0.25) is 0 Å². The summed E-state index contributed by atoms with van der Waals surface area (Å²) in [4.78, 5) is -2.18. The first-order valence-electron chi connectivity index (χ1n) is 10.5. The average Bonchev–Trinajstić information content (AvgIpc) is 2.59. The lowest BCUT2D eigenvalue weighted by Gasteiger charge is -2.37. The molecule has 0 saturated carbocycles. The van der Waals surface area contributed by atoms with E-state index in [1.54, 1.807) is 0 Å². The number of aliphatic hydroxyl groups excluding tert-OH is 1. The molecule has 0 amide bonds. The summed E-state index contributed by atoms with van der Waals surface area (Å²) >= 11 is 0. The highest BCUT2D eigenvalue weighted by atomic mass is 32.2. The van der Waals surface area contributed by atoms with Crippen LogP contribution in [0, 0.1) is 17.8 Å². The first kappa shape index (κ1) is 25.8. The van der Waals surface area contributed by atoms with Gasteiger partial charge in [0.2, 0.25) is 0 Å². The molecule has 4 atom stereocenters. The number of hydrogen-bond acceptors (Lipinski definition) is 4.